The zero-order valence-electron chi connectivity index (χ0n) is 10.8. The highest BCUT2D eigenvalue weighted by atomic mass is 79.9. The van der Waals surface area contributed by atoms with E-state index in [0.717, 1.165) is 10.0 Å². The summed E-state index contributed by atoms with van der Waals surface area (Å²) in [7, 11) is 0. The molecule has 0 spiro atoms. The molecule has 0 amide bonds. The molecule has 1 saturated carbocycles. The first kappa shape index (κ1) is 13.5. The van der Waals surface area contributed by atoms with Crippen LogP contribution in [-0.2, 0) is 6.54 Å². The molecule has 3 nitrogen and oxygen atoms in total. The number of benzene rings is 1. The Morgan fingerprint density at radius 3 is 2.90 bits per heavy atom. The van der Waals surface area contributed by atoms with Gasteiger partial charge in [-0.3, -0.25) is 0 Å². The van der Waals surface area contributed by atoms with Crippen molar-refractivity contribution < 1.29 is 9.13 Å². The van der Waals surface area contributed by atoms with Gasteiger partial charge in [0.25, 0.3) is 0 Å². The quantitative estimate of drug-likeness (QED) is 0.895. The van der Waals surface area contributed by atoms with Crippen LogP contribution in [0, 0.1) is 5.82 Å². The van der Waals surface area contributed by atoms with Gasteiger partial charge in [-0.25, -0.2) is 9.37 Å². The Bertz CT molecular complexity index is 617. The van der Waals surface area contributed by atoms with Crippen molar-refractivity contribution in [2.45, 2.75) is 25.4 Å². The molecule has 0 bridgehead atoms. The molecular weight excluding hydrogens is 323 g/mol. The third-order valence-electron chi connectivity index (χ3n) is 3.09. The number of halogens is 2. The lowest BCUT2D eigenvalue weighted by Gasteiger charge is -2.11. The maximum atomic E-state index is 13.4. The van der Waals surface area contributed by atoms with Gasteiger partial charge in [-0.05, 0) is 47.0 Å². The van der Waals surface area contributed by atoms with Crippen LogP contribution in [0.2, 0.25) is 0 Å². The number of rotatable bonds is 5. The van der Waals surface area contributed by atoms with Gasteiger partial charge >= 0.3 is 0 Å². The van der Waals surface area contributed by atoms with Crippen molar-refractivity contribution in [1.82, 2.24) is 10.3 Å². The van der Waals surface area contributed by atoms with Gasteiger partial charge in [-0.2, -0.15) is 0 Å². The number of para-hydroxylation sites is 1. The third kappa shape index (κ3) is 3.35. The van der Waals surface area contributed by atoms with Crippen molar-refractivity contribution in [3.8, 4) is 11.6 Å². The number of ether oxygens (including phenoxy) is 1. The van der Waals surface area contributed by atoms with Crippen LogP contribution in [0.5, 0.6) is 11.6 Å². The van der Waals surface area contributed by atoms with E-state index in [1.807, 2.05) is 24.3 Å². The number of nitrogens with one attached hydrogen (secondary N) is 1. The molecule has 1 fully saturated rings. The summed E-state index contributed by atoms with van der Waals surface area (Å²) in [5.41, 5.74) is 0.729. The zero-order chi connectivity index (χ0) is 13.9. The molecule has 0 atom stereocenters. The third-order valence-corrected chi connectivity index (χ3v) is 3.75. The minimum absolute atomic E-state index is 0.350. The average Bonchev–Trinajstić information content (AvgIpc) is 3.25. The van der Waals surface area contributed by atoms with Crippen LogP contribution in [0.4, 0.5) is 4.39 Å². The smallest absolute Gasteiger partial charge is 0.223 e. The summed E-state index contributed by atoms with van der Waals surface area (Å²) in [5, 5.41) is 3.34. The average molecular weight is 337 g/mol. The van der Waals surface area contributed by atoms with Gasteiger partial charge in [-0.1, -0.05) is 12.1 Å². The van der Waals surface area contributed by atoms with E-state index in [0.29, 0.717) is 24.2 Å². The molecule has 1 heterocycles. The van der Waals surface area contributed by atoms with E-state index >= 15 is 0 Å². The first-order valence-electron chi connectivity index (χ1n) is 6.52. The minimum atomic E-state index is -0.350. The molecule has 0 unspecified atom stereocenters. The highest BCUT2D eigenvalue weighted by molar-refractivity contribution is 9.10. The van der Waals surface area contributed by atoms with Gasteiger partial charge in [0.2, 0.25) is 5.88 Å². The van der Waals surface area contributed by atoms with Crippen LogP contribution in [0.25, 0.3) is 0 Å². The summed E-state index contributed by atoms with van der Waals surface area (Å²) in [4.78, 5) is 4.05. The maximum absolute atomic E-state index is 13.4. The molecule has 20 heavy (non-hydrogen) atoms. The molecule has 0 saturated heterocycles. The van der Waals surface area contributed by atoms with Crippen LogP contribution < -0.4 is 10.1 Å². The molecule has 1 N–H and O–H groups in total. The van der Waals surface area contributed by atoms with E-state index in [-0.39, 0.29) is 5.82 Å². The van der Waals surface area contributed by atoms with Crippen molar-refractivity contribution in [3.05, 3.63) is 52.4 Å². The summed E-state index contributed by atoms with van der Waals surface area (Å²) < 4.78 is 20.0. The minimum Gasteiger partial charge on any atom is -0.438 e. The molecule has 1 aliphatic rings. The Hall–Kier alpha value is -1.46. The van der Waals surface area contributed by atoms with E-state index in [4.69, 9.17) is 4.74 Å². The van der Waals surface area contributed by atoms with Gasteiger partial charge in [0.05, 0.1) is 10.7 Å². The Labute approximate surface area is 125 Å². The fourth-order valence-corrected chi connectivity index (χ4v) is 2.23. The Balaban J connectivity index is 1.82. The Kier molecular flexibility index (Phi) is 3.98. The lowest BCUT2D eigenvalue weighted by Crippen LogP contribution is -2.16. The van der Waals surface area contributed by atoms with Crippen molar-refractivity contribution >= 4 is 15.9 Å². The van der Waals surface area contributed by atoms with Gasteiger partial charge in [0, 0.05) is 18.2 Å². The number of aromatic nitrogens is 1. The van der Waals surface area contributed by atoms with Crippen LogP contribution in [-0.4, -0.2) is 11.0 Å². The molecular formula is C15H14BrFN2O. The molecule has 0 radical (unpaired) electrons. The first-order valence-corrected chi connectivity index (χ1v) is 7.32. The maximum Gasteiger partial charge on any atom is 0.223 e. The number of hydrogen-bond donors (Lipinski definition) is 1. The second-order valence-corrected chi connectivity index (χ2v) is 5.66. The van der Waals surface area contributed by atoms with E-state index in [2.05, 4.69) is 26.2 Å². The number of nitrogens with zero attached hydrogens (tertiary/aromatic N) is 1. The Morgan fingerprint density at radius 1 is 1.35 bits per heavy atom. The van der Waals surface area contributed by atoms with Crippen molar-refractivity contribution in [2.24, 2.45) is 0 Å². The van der Waals surface area contributed by atoms with Gasteiger partial charge in [0.1, 0.15) is 11.6 Å². The van der Waals surface area contributed by atoms with Crippen molar-refractivity contribution in [1.29, 1.82) is 0 Å². The lowest BCUT2D eigenvalue weighted by atomic mass is 10.2. The summed E-state index contributed by atoms with van der Waals surface area (Å²) >= 11 is 3.42. The van der Waals surface area contributed by atoms with E-state index < -0.39 is 0 Å². The molecule has 5 heteroatoms. The SMILES string of the molecule is Fc1cnc(Oc2ccccc2Br)c(CNC2CC2)c1. The normalized spacial score (nSPS) is 14.3. The first-order chi connectivity index (χ1) is 9.72. The van der Waals surface area contributed by atoms with Crippen LogP contribution in [0.3, 0.4) is 0 Å². The molecule has 0 aliphatic heterocycles. The molecule has 1 aromatic carbocycles. The van der Waals surface area contributed by atoms with Crippen molar-refractivity contribution in [3.63, 3.8) is 0 Å². The number of hydrogen-bond acceptors (Lipinski definition) is 3. The standard InChI is InChI=1S/C15H14BrFN2O/c16-13-3-1-2-4-14(13)20-15-10(7-11(17)9-19-15)8-18-12-5-6-12/h1-4,7,9,12,18H,5-6,8H2. The van der Waals surface area contributed by atoms with Crippen molar-refractivity contribution in [2.75, 3.05) is 0 Å². The fraction of sp³-hybridized carbons (Fsp3) is 0.267. The summed E-state index contributed by atoms with van der Waals surface area (Å²) in [6.45, 7) is 0.565. The molecule has 2 aromatic rings. The fourth-order valence-electron chi connectivity index (χ4n) is 1.86. The molecule has 3 rings (SSSR count). The van der Waals surface area contributed by atoms with Gasteiger partial charge in [0.15, 0.2) is 0 Å². The second kappa shape index (κ2) is 5.89. The molecule has 104 valence electrons. The monoisotopic (exact) mass is 336 g/mol. The molecule has 1 aliphatic carbocycles. The highest BCUT2D eigenvalue weighted by Crippen LogP contribution is 2.30. The van der Waals surface area contributed by atoms with Crippen LogP contribution in [0.15, 0.2) is 41.0 Å². The molecule has 1 aromatic heterocycles. The topological polar surface area (TPSA) is 34.1 Å². The summed E-state index contributed by atoms with van der Waals surface area (Å²) in [5.74, 6) is 0.753. The Morgan fingerprint density at radius 2 is 2.15 bits per heavy atom. The van der Waals surface area contributed by atoms with Crippen LogP contribution >= 0.6 is 15.9 Å². The predicted molar refractivity (Wildman–Crippen MR) is 78.3 cm³/mol. The summed E-state index contributed by atoms with van der Waals surface area (Å²) in [6.07, 6.45) is 3.54. The van der Waals surface area contributed by atoms with E-state index in [1.165, 1.54) is 25.1 Å². The summed E-state index contributed by atoms with van der Waals surface area (Å²) in [6, 6.07) is 9.54. The highest BCUT2D eigenvalue weighted by Gasteiger charge is 2.21. The van der Waals surface area contributed by atoms with E-state index in [9.17, 15) is 4.39 Å². The largest absolute Gasteiger partial charge is 0.438 e. The van der Waals surface area contributed by atoms with E-state index in [1.54, 1.807) is 0 Å². The number of pyridine rings is 1. The lowest BCUT2D eigenvalue weighted by molar-refractivity contribution is 0.445. The second-order valence-electron chi connectivity index (χ2n) is 4.81. The zero-order valence-corrected chi connectivity index (χ0v) is 12.4. The predicted octanol–water partition coefficient (Wildman–Crippen LogP) is 4.03. The van der Waals surface area contributed by atoms with Gasteiger partial charge in [-0.15, -0.1) is 0 Å². The van der Waals surface area contributed by atoms with Gasteiger partial charge < -0.3 is 10.1 Å². The van der Waals surface area contributed by atoms with Crippen LogP contribution in [0.1, 0.15) is 18.4 Å².